The maximum Gasteiger partial charge on any atom is 0.142 e. The zero-order valence-corrected chi connectivity index (χ0v) is 8.93. The summed E-state index contributed by atoms with van der Waals surface area (Å²) in [5.41, 5.74) is 0.749. The number of aliphatic hydroxyl groups is 1. The second-order valence-corrected chi connectivity index (χ2v) is 4.52. The van der Waals surface area contributed by atoms with Gasteiger partial charge in [-0.2, -0.15) is 0 Å². The van der Waals surface area contributed by atoms with Crippen LogP contribution >= 0.6 is 0 Å². The van der Waals surface area contributed by atoms with Gasteiger partial charge < -0.3 is 9.84 Å². The second kappa shape index (κ2) is 3.59. The van der Waals surface area contributed by atoms with Crippen molar-refractivity contribution in [2.24, 2.45) is 5.92 Å². The van der Waals surface area contributed by atoms with Crippen LogP contribution < -0.4 is 4.74 Å². The smallest absolute Gasteiger partial charge is 0.142 e. The molecule has 0 amide bonds. The number of hydrogen-bond donors (Lipinski definition) is 1. The first kappa shape index (κ1) is 9.85. The SMILES string of the molecule is O=C1CCCC2Oc3ccccc3C(O)C12. The van der Waals surface area contributed by atoms with E-state index < -0.39 is 6.10 Å². The van der Waals surface area contributed by atoms with E-state index in [1.807, 2.05) is 24.3 Å². The Labute approximate surface area is 94.0 Å². The van der Waals surface area contributed by atoms with Crippen molar-refractivity contribution < 1.29 is 14.6 Å². The molecule has 3 heteroatoms. The van der Waals surface area contributed by atoms with Crippen molar-refractivity contribution in [3.8, 4) is 5.75 Å². The number of Topliss-reactive ketones (excluding diaryl/α,β-unsaturated/α-hetero) is 1. The first-order valence-corrected chi connectivity index (χ1v) is 5.74. The predicted molar refractivity (Wildman–Crippen MR) is 58.2 cm³/mol. The molecule has 0 aromatic heterocycles. The van der Waals surface area contributed by atoms with Crippen molar-refractivity contribution >= 4 is 5.78 Å². The Bertz CT molecular complexity index is 427. The Morgan fingerprint density at radius 1 is 1.31 bits per heavy atom. The third-order valence-electron chi connectivity index (χ3n) is 3.54. The van der Waals surface area contributed by atoms with Gasteiger partial charge in [0.05, 0.1) is 12.0 Å². The van der Waals surface area contributed by atoms with Crippen molar-refractivity contribution in [1.29, 1.82) is 0 Å². The largest absolute Gasteiger partial charge is 0.489 e. The fraction of sp³-hybridized carbons (Fsp3) is 0.462. The third kappa shape index (κ3) is 1.35. The minimum atomic E-state index is -0.692. The first-order chi connectivity index (χ1) is 7.77. The molecular formula is C13H14O3. The first-order valence-electron chi connectivity index (χ1n) is 5.74. The molecule has 0 radical (unpaired) electrons. The van der Waals surface area contributed by atoms with E-state index in [1.165, 1.54) is 0 Å². The van der Waals surface area contributed by atoms with Crippen molar-refractivity contribution in [2.75, 3.05) is 0 Å². The maximum atomic E-state index is 11.8. The molecule has 1 aromatic carbocycles. The molecular weight excluding hydrogens is 204 g/mol. The number of ether oxygens (including phenoxy) is 1. The van der Waals surface area contributed by atoms with Crippen LogP contribution in [0.25, 0.3) is 0 Å². The number of carbonyl (C=O) groups excluding carboxylic acids is 1. The number of para-hydroxylation sites is 1. The molecule has 16 heavy (non-hydrogen) atoms. The van der Waals surface area contributed by atoms with Crippen molar-refractivity contribution in [1.82, 2.24) is 0 Å². The summed E-state index contributed by atoms with van der Waals surface area (Å²) in [6, 6.07) is 7.43. The average Bonchev–Trinajstić information content (AvgIpc) is 2.29. The molecule has 0 bridgehead atoms. The summed E-state index contributed by atoms with van der Waals surface area (Å²) in [5.74, 6) is 0.507. The fourth-order valence-electron chi connectivity index (χ4n) is 2.73. The molecule has 3 atom stereocenters. The molecule has 1 saturated carbocycles. The van der Waals surface area contributed by atoms with Gasteiger partial charge in [0, 0.05) is 12.0 Å². The molecule has 1 aliphatic carbocycles. The molecule has 3 rings (SSSR count). The standard InChI is InChI=1S/C13H14O3/c14-9-5-3-7-11-12(9)13(15)8-4-1-2-6-10(8)16-11/h1-2,4,6,11-13,15H,3,5,7H2. The molecule has 1 heterocycles. The minimum absolute atomic E-state index is 0.133. The van der Waals surface area contributed by atoms with E-state index in [2.05, 4.69) is 0 Å². The van der Waals surface area contributed by atoms with Crippen LogP contribution in [-0.4, -0.2) is 17.0 Å². The van der Waals surface area contributed by atoms with Crippen molar-refractivity contribution in [2.45, 2.75) is 31.5 Å². The molecule has 84 valence electrons. The van der Waals surface area contributed by atoms with Gasteiger partial charge in [-0.1, -0.05) is 18.2 Å². The predicted octanol–water partition coefficient (Wildman–Crippen LogP) is 1.85. The van der Waals surface area contributed by atoms with E-state index in [0.717, 1.165) is 24.2 Å². The highest BCUT2D eigenvalue weighted by Gasteiger charge is 2.43. The van der Waals surface area contributed by atoms with E-state index in [9.17, 15) is 9.90 Å². The summed E-state index contributed by atoms with van der Waals surface area (Å²) in [5, 5.41) is 10.2. The lowest BCUT2D eigenvalue weighted by atomic mass is 9.77. The molecule has 1 aliphatic heterocycles. The van der Waals surface area contributed by atoms with Crippen LogP contribution in [0.15, 0.2) is 24.3 Å². The Balaban J connectivity index is 2.03. The quantitative estimate of drug-likeness (QED) is 0.722. The topological polar surface area (TPSA) is 46.5 Å². The normalized spacial score (nSPS) is 32.6. The summed E-state index contributed by atoms with van der Waals surface area (Å²) in [6.45, 7) is 0. The summed E-state index contributed by atoms with van der Waals surface area (Å²) in [7, 11) is 0. The lowest BCUT2D eigenvalue weighted by molar-refractivity contribution is -0.136. The van der Waals surface area contributed by atoms with Gasteiger partial charge in [-0.05, 0) is 18.9 Å². The van der Waals surface area contributed by atoms with Crippen LogP contribution in [0.4, 0.5) is 0 Å². The van der Waals surface area contributed by atoms with Crippen LogP contribution in [-0.2, 0) is 4.79 Å². The summed E-state index contributed by atoms with van der Waals surface area (Å²) in [6.07, 6.45) is 1.48. The van der Waals surface area contributed by atoms with E-state index in [-0.39, 0.29) is 17.8 Å². The number of aliphatic hydroxyl groups excluding tert-OH is 1. The Morgan fingerprint density at radius 2 is 2.12 bits per heavy atom. The van der Waals surface area contributed by atoms with Crippen LogP contribution in [0, 0.1) is 5.92 Å². The zero-order chi connectivity index (χ0) is 11.1. The highest BCUT2D eigenvalue weighted by Crippen LogP contribution is 2.42. The van der Waals surface area contributed by atoms with Gasteiger partial charge in [0.1, 0.15) is 17.6 Å². The maximum absolute atomic E-state index is 11.8. The van der Waals surface area contributed by atoms with Gasteiger partial charge in [0.15, 0.2) is 0 Å². The van der Waals surface area contributed by atoms with E-state index in [1.54, 1.807) is 0 Å². The van der Waals surface area contributed by atoms with Crippen LogP contribution in [0.3, 0.4) is 0 Å². The summed E-state index contributed by atoms with van der Waals surface area (Å²) in [4.78, 5) is 11.8. The molecule has 2 aliphatic rings. The molecule has 1 fully saturated rings. The van der Waals surface area contributed by atoms with E-state index in [0.29, 0.717) is 6.42 Å². The number of ketones is 1. The van der Waals surface area contributed by atoms with Crippen molar-refractivity contribution in [3.63, 3.8) is 0 Å². The summed E-state index contributed by atoms with van der Waals surface area (Å²) >= 11 is 0. The number of benzene rings is 1. The Hall–Kier alpha value is -1.35. The van der Waals surface area contributed by atoms with Gasteiger partial charge in [-0.15, -0.1) is 0 Å². The van der Waals surface area contributed by atoms with Crippen LogP contribution in [0.5, 0.6) is 5.75 Å². The van der Waals surface area contributed by atoms with E-state index in [4.69, 9.17) is 4.74 Å². The average molecular weight is 218 g/mol. The van der Waals surface area contributed by atoms with E-state index >= 15 is 0 Å². The molecule has 0 spiro atoms. The highest BCUT2D eigenvalue weighted by atomic mass is 16.5. The number of rotatable bonds is 0. The van der Waals surface area contributed by atoms with Gasteiger partial charge in [0.25, 0.3) is 0 Å². The fourth-order valence-corrected chi connectivity index (χ4v) is 2.73. The van der Waals surface area contributed by atoms with Gasteiger partial charge >= 0.3 is 0 Å². The van der Waals surface area contributed by atoms with Crippen LogP contribution in [0.2, 0.25) is 0 Å². The van der Waals surface area contributed by atoms with Crippen molar-refractivity contribution in [3.05, 3.63) is 29.8 Å². The minimum Gasteiger partial charge on any atom is -0.489 e. The molecule has 1 N–H and O–H groups in total. The number of hydrogen-bond acceptors (Lipinski definition) is 3. The number of carbonyl (C=O) groups is 1. The van der Waals surface area contributed by atoms with Gasteiger partial charge in [-0.3, -0.25) is 4.79 Å². The molecule has 3 unspecified atom stereocenters. The highest BCUT2D eigenvalue weighted by molar-refractivity contribution is 5.83. The van der Waals surface area contributed by atoms with Gasteiger partial charge in [-0.25, -0.2) is 0 Å². The van der Waals surface area contributed by atoms with Gasteiger partial charge in [0.2, 0.25) is 0 Å². The molecule has 3 nitrogen and oxygen atoms in total. The second-order valence-electron chi connectivity index (χ2n) is 4.52. The lowest BCUT2D eigenvalue weighted by Crippen LogP contribution is -2.43. The molecule has 1 aromatic rings. The Kier molecular flexibility index (Phi) is 2.21. The lowest BCUT2D eigenvalue weighted by Gasteiger charge is -2.38. The monoisotopic (exact) mass is 218 g/mol. The molecule has 0 saturated heterocycles. The Morgan fingerprint density at radius 3 is 3.00 bits per heavy atom. The number of fused-ring (bicyclic) bond motifs is 2. The zero-order valence-electron chi connectivity index (χ0n) is 8.93. The third-order valence-corrected chi connectivity index (χ3v) is 3.54. The summed E-state index contributed by atoms with van der Waals surface area (Å²) < 4.78 is 5.80. The van der Waals surface area contributed by atoms with Crippen LogP contribution in [0.1, 0.15) is 30.9 Å².